The number of rotatable bonds is 3. The van der Waals surface area contributed by atoms with Crippen molar-refractivity contribution in [2.24, 2.45) is 5.41 Å². The average molecular weight is 304 g/mol. The zero-order valence-corrected chi connectivity index (χ0v) is 13.9. The van der Waals surface area contributed by atoms with Gasteiger partial charge in [-0.3, -0.25) is 14.8 Å². The van der Waals surface area contributed by atoms with Gasteiger partial charge < -0.3 is 5.32 Å². The van der Waals surface area contributed by atoms with E-state index in [1.807, 2.05) is 13.8 Å². The molecule has 122 valence electrons. The number of nitrogens with zero attached hydrogens (tertiary/aromatic N) is 2. The molecule has 1 aliphatic carbocycles. The molecule has 5 heteroatoms. The van der Waals surface area contributed by atoms with Gasteiger partial charge in [0.2, 0.25) is 5.91 Å². The van der Waals surface area contributed by atoms with E-state index in [0.717, 1.165) is 30.2 Å². The molecule has 2 heterocycles. The maximum absolute atomic E-state index is 12.3. The van der Waals surface area contributed by atoms with Gasteiger partial charge in [0.05, 0.1) is 23.6 Å². The molecule has 1 saturated heterocycles. The highest BCUT2D eigenvalue weighted by atomic mass is 16.2. The third kappa shape index (κ3) is 3.35. The fraction of sp³-hybridized carbons (Fsp3) is 0.765. The second-order valence-corrected chi connectivity index (χ2v) is 7.19. The normalized spacial score (nSPS) is 21.9. The number of likely N-dealkylation sites (tertiary alicyclic amines) is 1. The lowest BCUT2D eigenvalue weighted by Crippen LogP contribution is -2.44. The average Bonchev–Trinajstić information content (AvgIpc) is 2.83. The summed E-state index contributed by atoms with van der Waals surface area (Å²) in [6.07, 6.45) is 9.56. The summed E-state index contributed by atoms with van der Waals surface area (Å²) < 4.78 is 0. The molecule has 1 saturated carbocycles. The topological polar surface area (TPSA) is 61.0 Å². The van der Waals surface area contributed by atoms with Crippen LogP contribution in [0.3, 0.4) is 0 Å². The zero-order chi connectivity index (χ0) is 15.6. The van der Waals surface area contributed by atoms with Crippen LogP contribution in [-0.4, -0.2) is 40.6 Å². The maximum atomic E-state index is 12.3. The molecule has 5 nitrogen and oxygen atoms in total. The van der Waals surface area contributed by atoms with Gasteiger partial charge in [0, 0.05) is 0 Å². The molecule has 1 aromatic rings. The molecular weight excluding hydrogens is 276 g/mol. The smallest absolute Gasteiger partial charge is 0.238 e. The van der Waals surface area contributed by atoms with Crippen molar-refractivity contribution in [3.63, 3.8) is 0 Å². The van der Waals surface area contributed by atoms with Gasteiger partial charge in [0.25, 0.3) is 0 Å². The van der Waals surface area contributed by atoms with E-state index >= 15 is 0 Å². The number of amides is 1. The second kappa shape index (κ2) is 6.41. The van der Waals surface area contributed by atoms with Crippen molar-refractivity contribution in [3.8, 4) is 0 Å². The molecule has 0 aromatic carbocycles. The molecule has 3 rings (SSSR count). The van der Waals surface area contributed by atoms with E-state index in [1.54, 1.807) is 0 Å². The number of aromatic nitrogens is 2. The van der Waals surface area contributed by atoms with Crippen LogP contribution in [0.15, 0.2) is 0 Å². The molecule has 1 aliphatic heterocycles. The maximum Gasteiger partial charge on any atom is 0.238 e. The fourth-order valence-corrected chi connectivity index (χ4v) is 4.10. The van der Waals surface area contributed by atoms with E-state index in [2.05, 4.69) is 20.4 Å². The first-order valence-electron chi connectivity index (χ1n) is 8.62. The first kappa shape index (κ1) is 15.5. The van der Waals surface area contributed by atoms with Gasteiger partial charge in [0.1, 0.15) is 0 Å². The van der Waals surface area contributed by atoms with Gasteiger partial charge in [-0.15, -0.1) is 0 Å². The summed E-state index contributed by atoms with van der Waals surface area (Å²) in [4.78, 5) is 14.6. The number of piperidine rings is 1. The number of carbonyl (C=O) groups is 1. The molecule has 1 amide bonds. The van der Waals surface area contributed by atoms with Crippen LogP contribution in [0.5, 0.6) is 0 Å². The molecule has 0 radical (unpaired) electrons. The van der Waals surface area contributed by atoms with E-state index in [-0.39, 0.29) is 5.91 Å². The zero-order valence-electron chi connectivity index (χ0n) is 13.9. The Bertz CT molecular complexity index is 501. The van der Waals surface area contributed by atoms with Gasteiger partial charge in [-0.2, -0.15) is 5.10 Å². The molecule has 1 aromatic heterocycles. The van der Waals surface area contributed by atoms with Crippen molar-refractivity contribution >= 4 is 11.6 Å². The van der Waals surface area contributed by atoms with Crippen LogP contribution in [0.2, 0.25) is 0 Å². The molecule has 0 unspecified atom stereocenters. The van der Waals surface area contributed by atoms with Crippen LogP contribution in [0.4, 0.5) is 5.69 Å². The Morgan fingerprint density at radius 2 is 1.86 bits per heavy atom. The number of anilines is 1. The lowest BCUT2D eigenvalue weighted by atomic mass is 9.68. The summed E-state index contributed by atoms with van der Waals surface area (Å²) in [6, 6.07) is 0. The SMILES string of the molecule is Cc1n[nH]c(C)c1NC(=O)CN1CCC2(CCCCC2)CC1. The Hall–Kier alpha value is -1.36. The second-order valence-electron chi connectivity index (χ2n) is 7.19. The first-order valence-corrected chi connectivity index (χ1v) is 8.62. The number of hydrogen-bond acceptors (Lipinski definition) is 3. The Labute approximate surface area is 132 Å². The lowest BCUT2D eigenvalue weighted by Gasteiger charge is -2.44. The number of aryl methyl sites for hydroxylation is 2. The summed E-state index contributed by atoms with van der Waals surface area (Å²) in [5.41, 5.74) is 3.21. The highest BCUT2D eigenvalue weighted by Gasteiger charge is 2.35. The van der Waals surface area contributed by atoms with Crippen molar-refractivity contribution in [2.45, 2.75) is 58.8 Å². The largest absolute Gasteiger partial charge is 0.322 e. The van der Waals surface area contributed by atoms with Crippen molar-refractivity contribution in [1.82, 2.24) is 15.1 Å². The molecule has 0 atom stereocenters. The summed E-state index contributed by atoms with van der Waals surface area (Å²) in [5.74, 6) is 0.0761. The van der Waals surface area contributed by atoms with Crippen LogP contribution in [0.25, 0.3) is 0 Å². The van der Waals surface area contributed by atoms with Crippen LogP contribution < -0.4 is 5.32 Å². The predicted octanol–water partition coefficient (Wildman–Crippen LogP) is 3.01. The summed E-state index contributed by atoms with van der Waals surface area (Å²) in [5, 5.41) is 10.0. The Morgan fingerprint density at radius 1 is 1.18 bits per heavy atom. The molecule has 2 N–H and O–H groups in total. The van der Waals surface area contributed by atoms with E-state index < -0.39 is 0 Å². The number of hydrogen-bond donors (Lipinski definition) is 2. The van der Waals surface area contributed by atoms with Crippen LogP contribution in [-0.2, 0) is 4.79 Å². The third-order valence-corrected chi connectivity index (χ3v) is 5.59. The lowest BCUT2D eigenvalue weighted by molar-refractivity contribution is -0.118. The van der Waals surface area contributed by atoms with Gasteiger partial charge in [-0.05, 0) is 58.0 Å². The van der Waals surface area contributed by atoms with Crippen molar-refractivity contribution in [1.29, 1.82) is 0 Å². The molecule has 22 heavy (non-hydrogen) atoms. The van der Waals surface area contributed by atoms with Crippen LogP contribution in [0, 0.1) is 19.3 Å². The molecule has 1 spiro atoms. The number of aromatic amines is 1. The molecular formula is C17H28N4O. The van der Waals surface area contributed by atoms with Gasteiger partial charge in [0.15, 0.2) is 0 Å². The number of nitrogens with one attached hydrogen (secondary N) is 2. The fourth-order valence-electron chi connectivity index (χ4n) is 4.10. The standard InChI is InChI=1S/C17H28N4O/c1-13-16(14(2)20-19-13)18-15(22)12-21-10-8-17(9-11-21)6-4-3-5-7-17/h3-12H2,1-2H3,(H,18,22)(H,19,20). The predicted molar refractivity (Wildman–Crippen MR) is 87.9 cm³/mol. The van der Waals surface area contributed by atoms with E-state index in [1.165, 1.54) is 44.9 Å². The third-order valence-electron chi connectivity index (χ3n) is 5.59. The van der Waals surface area contributed by atoms with E-state index in [9.17, 15) is 4.79 Å². The van der Waals surface area contributed by atoms with E-state index in [0.29, 0.717) is 12.0 Å². The first-order chi connectivity index (χ1) is 10.6. The Kier molecular flexibility index (Phi) is 4.52. The molecule has 2 fully saturated rings. The van der Waals surface area contributed by atoms with Crippen LogP contribution in [0.1, 0.15) is 56.3 Å². The van der Waals surface area contributed by atoms with Crippen molar-refractivity contribution < 1.29 is 4.79 Å². The summed E-state index contributed by atoms with van der Waals surface area (Å²) in [7, 11) is 0. The molecule has 2 aliphatic rings. The van der Waals surface area contributed by atoms with Gasteiger partial charge in [-0.25, -0.2) is 0 Å². The monoisotopic (exact) mass is 304 g/mol. The highest BCUT2D eigenvalue weighted by Crippen LogP contribution is 2.44. The minimum absolute atomic E-state index is 0.0761. The summed E-state index contributed by atoms with van der Waals surface area (Å²) >= 11 is 0. The van der Waals surface area contributed by atoms with Crippen LogP contribution >= 0.6 is 0 Å². The minimum atomic E-state index is 0.0761. The number of carbonyl (C=O) groups excluding carboxylic acids is 1. The highest BCUT2D eigenvalue weighted by molar-refractivity contribution is 5.93. The Morgan fingerprint density at radius 3 is 2.45 bits per heavy atom. The van der Waals surface area contributed by atoms with Gasteiger partial charge >= 0.3 is 0 Å². The summed E-state index contributed by atoms with van der Waals surface area (Å²) in [6.45, 7) is 6.48. The van der Waals surface area contributed by atoms with Gasteiger partial charge in [-0.1, -0.05) is 19.3 Å². The van der Waals surface area contributed by atoms with E-state index in [4.69, 9.17) is 0 Å². The quantitative estimate of drug-likeness (QED) is 0.902. The minimum Gasteiger partial charge on any atom is -0.322 e. The number of H-pyrrole nitrogens is 1. The van der Waals surface area contributed by atoms with Crippen molar-refractivity contribution in [3.05, 3.63) is 11.4 Å². The van der Waals surface area contributed by atoms with Crippen molar-refractivity contribution in [2.75, 3.05) is 25.0 Å². The Balaban J connectivity index is 1.49. The molecule has 0 bridgehead atoms.